The molecule has 0 aliphatic heterocycles. The molecule has 0 spiro atoms. The molecule has 208 valence electrons. The van der Waals surface area contributed by atoms with E-state index in [-0.39, 0.29) is 23.3 Å². The third kappa shape index (κ3) is 6.32. The van der Waals surface area contributed by atoms with Gasteiger partial charge in [-0.1, -0.05) is 55.8 Å². The van der Waals surface area contributed by atoms with E-state index in [1.165, 1.54) is 12.1 Å². The van der Waals surface area contributed by atoms with E-state index in [2.05, 4.69) is 11.7 Å². The highest BCUT2D eigenvalue weighted by atomic mass is 19.4. The van der Waals surface area contributed by atoms with E-state index in [4.69, 9.17) is 0 Å². The van der Waals surface area contributed by atoms with Crippen LogP contribution in [0.3, 0.4) is 0 Å². The molecule has 10 heteroatoms. The summed E-state index contributed by atoms with van der Waals surface area (Å²) in [7, 11) is 0. The zero-order valence-electron chi connectivity index (χ0n) is 20.7. The molecule has 0 aliphatic carbocycles. The topological polar surface area (TPSA) is 9.23 Å². The molecule has 0 saturated carbocycles. The Kier molecular flexibility index (Phi) is 8.27. The first-order valence-corrected chi connectivity index (χ1v) is 11.9. The van der Waals surface area contributed by atoms with E-state index in [1.54, 1.807) is 6.07 Å². The van der Waals surface area contributed by atoms with Crippen molar-refractivity contribution in [1.29, 1.82) is 0 Å². The van der Waals surface area contributed by atoms with Crippen LogP contribution in [-0.4, -0.2) is 6.36 Å². The first-order valence-electron chi connectivity index (χ1n) is 11.9. The van der Waals surface area contributed by atoms with Crippen molar-refractivity contribution in [2.75, 3.05) is 0 Å². The van der Waals surface area contributed by atoms with Crippen molar-refractivity contribution in [2.45, 2.75) is 26.1 Å². The van der Waals surface area contributed by atoms with Gasteiger partial charge < -0.3 is 4.74 Å². The first kappa shape index (κ1) is 28.8. The molecule has 0 heterocycles. The summed E-state index contributed by atoms with van der Waals surface area (Å²) in [6.45, 7) is 2.06. The number of alkyl halides is 3. The number of rotatable bonds is 7. The fraction of sp³-hybridized carbons (Fsp3) is 0.133. The number of benzene rings is 4. The van der Waals surface area contributed by atoms with E-state index in [0.29, 0.717) is 5.56 Å². The lowest BCUT2D eigenvalue weighted by atomic mass is 9.97. The van der Waals surface area contributed by atoms with Crippen molar-refractivity contribution < 1.29 is 44.3 Å². The summed E-state index contributed by atoms with van der Waals surface area (Å²) < 4.78 is 127. The van der Waals surface area contributed by atoms with Gasteiger partial charge in [-0.25, -0.2) is 26.3 Å². The highest BCUT2D eigenvalue weighted by molar-refractivity contribution is 5.84. The standard InChI is InChI=1S/C30H19F9O/c1-2-3-16-4-6-17(7-5-16)18-8-10-21(23(31)12-18)19-9-11-22(24(32)13-19)28(36)27(35)20-14-25(33)29(26(34)15-20)40-30(37,38)39/h4-15H,2-3H2,1H3. The molecule has 4 aromatic rings. The maximum absolute atomic E-state index is 15.0. The van der Waals surface area contributed by atoms with Gasteiger partial charge in [0.1, 0.15) is 11.6 Å². The predicted octanol–water partition coefficient (Wildman–Crippen LogP) is 10.2. The average Bonchev–Trinajstić information content (AvgIpc) is 2.90. The maximum atomic E-state index is 15.0. The van der Waals surface area contributed by atoms with E-state index in [0.717, 1.165) is 42.2 Å². The van der Waals surface area contributed by atoms with E-state index < -0.39 is 58.2 Å². The average molecular weight is 566 g/mol. The Morgan fingerprint density at radius 1 is 0.650 bits per heavy atom. The first-order chi connectivity index (χ1) is 18.9. The van der Waals surface area contributed by atoms with Gasteiger partial charge in [0.05, 0.1) is 0 Å². The minimum Gasteiger partial charge on any atom is -0.399 e. The molecule has 0 fully saturated rings. The molecule has 4 rings (SSSR count). The lowest BCUT2D eigenvalue weighted by Crippen LogP contribution is -2.19. The molecular formula is C30H19F9O. The van der Waals surface area contributed by atoms with Gasteiger partial charge in [-0.05, 0) is 59.0 Å². The summed E-state index contributed by atoms with van der Waals surface area (Å²) in [4.78, 5) is 0. The van der Waals surface area contributed by atoms with E-state index in [1.807, 2.05) is 24.3 Å². The van der Waals surface area contributed by atoms with Crippen molar-refractivity contribution >= 4 is 11.7 Å². The molecule has 0 radical (unpaired) electrons. The second-order valence-corrected chi connectivity index (χ2v) is 8.78. The van der Waals surface area contributed by atoms with Gasteiger partial charge in [0.2, 0.25) is 5.75 Å². The van der Waals surface area contributed by atoms with Crippen molar-refractivity contribution in [2.24, 2.45) is 0 Å². The molecule has 0 N–H and O–H groups in total. The van der Waals surface area contributed by atoms with Crippen LogP contribution >= 0.6 is 0 Å². The molecule has 0 atom stereocenters. The minimum atomic E-state index is -5.44. The fourth-order valence-electron chi connectivity index (χ4n) is 4.09. The number of ether oxygens (including phenoxy) is 1. The van der Waals surface area contributed by atoms with Gasteiger partial charge in [0.15, 0.2) is 23.3 Å². The summed E-state index contributed by atoms with van der Waals surface area (Å²) in [6, 6.07) is 14.7. The largest absolute Gasteiger partial charge is 0.573 e. The molecular weight excluding hydrogens is 547 g/mol. The van der Waals surface area contributed by atoms with Crippen LogP contribution in [-0.2, 0) is 6.42 Å². The quantitative estimate of drug-likeness (QED) is 0.160. The third-order valence-electron chi connectivity index (χ3n) is 5.97. The summed E-state index contributed by atoms with van der Waals surface area (Å²) in [5, 5.41) is 0. The van der Waals surface area contributed by atoms with Crippen LogP contribution in [0.15, 0.2) is 72.8 Å². The summed E-state index contributed by atoms with van der Waals surface area (Å²) in [6.07, 6.45) is -3.55. The molecule has 0 aromatic heterocycles. The van der Waals surface area contributed by atoms with Gasteiger partial charge in [0, 0.05) is 16.7 Å². The zero-order valence-corrected chi connectivity index (χ0v) is 20.7. The van der Waals surface area contributed by atoms with Crippen molar-refractivity contribution in [1.82, 2.24) is 0 Å². The van der Waals surface area contributed by atoms with Crippen LogP contribution in [0.5, 0.6) is 5.75 Å². The second kappa shape index (κ2) is 11.5. The molecule has 0 aliphatic rings. The van der Waals surface area contributed by atoms with Crippen LogP contribution in [0.4, 0.5) is 39.5 Å². The highest BCUT2D eigenvalue weighted by Gasteiger charge is 2.34. The summed E-state index contributed by atoms with van der Waals surface area (Å²) in [5.74, 6) is -11.6. The van der Waals surface area contributed by atoms with Crippen LogP contribution in [0.1, 0.15) is 30.0 Å². The predicted molar refractivity (Wildman–Crippen MR) is 133 cm³/mol. The van der Waals surface area contributed by atoms with Crippen molar-refractivity contribution in [3.05, 3.63) is 113 Å². The molecule has 0 bridgehead atoms. The number of aryl methyl sites for hydroxylation is 1. The van der Waals surface area contributed by atoms with Gasteiger partial charge in [-0.2, -0.15) is 0 Å². The maximum Gasteiger partial charge on any atom is 0.573 e. The molecule has 40 heavy (non-hydrogen) atoms. The van der Waals surface area contributed by atoms with E-state index >= 15 is 0 Å². The number of hydrogen-bond donors (Lipinski definition) is 0. The molecule has 0 amide bonds. The number of hydrogen-bond acceptors (Lipinski definition) is 1. The monoisotopic (exact) mass is 566 g/mol. The Morgan fingerprint density at radius 3 is 1.77 bits per heavy atom. The summed E-state index contributed by atoms with van der Waals surface area (Å²) in [5.41, 5.74) is 0.369. The molecule has 4 aromatic carbocycles. The third-order valence-corrected chi connectivity index (χ3v) is 5.97. The minimum absolute atomic E-state index is 0.00235. The lowest BCUT2D eigenvalue weighted by Gasteiger charge is -2.12. The Bertz CT molecular complexity index is 1550. The van der Waals surface area contributed by atoms with Gasteiger partial charge in [0.25, 0.3) is 0 Å². The smallest absolute Gasteiger partial charge is 0.399 e. The Hall–Kier alpha value is -4.21. The Balaban J connectivity index is 1.62. The second-order valence-electron chi connectivity index (χ2n) is 8.78. The molecule has 1 nitrogen and oxygen atoms in total. The van der Waals surface area contributed by atoms with Crippen LogP contribution < -0.4 is 4.74 Å². The van der Waals surface area contributed by atoms with Crippen molar-refractivity contribution in [3.8, 4) is 28.0 Å². The van der Waals surface area contributed by atoms with Gasteiger partial charge in [-0.3, -0.25) is 0 Å². The Morgan fingerprint density at radius 2 is 1.23 bits per heavy atom. The highest BCUT2D eigenvalue weighted by Crippen LogP contribution is 2.37. The van der Waals surface area contributed by atoms with Crippen molar-refractivity contribution in [3.63, 3.8) is 0 Å². The molecule has 0 saturated heterocycles. The summed E-state index contributed by atoms with van der Waals surface area (Å²) >= 11 is 0. The van der Waals surface area contributed by atoms with Crippen LogP contribution in [0, 0.1) is 23.3 Å². The Labute approximate surface area is 223 Å². The van der Waals surface area contributed by atoms with E-state index in [9.17, 15) is 39.5 Å². The van der Waals surface area contributed by atoms with Crippen LogP contribution in [0.2, 0.25) is 0 Å². The normalized spacial score (nSPS) is 12.3. The van der Waals surface area contributed by atoms with Gasteiger partial charge in [-0.15, -0.1) is 13.2 Å². The zero-order chi connectivity index (χ0) is 29.2. The molecule has 0 unspecified atom stereocenters. The number of halogens is 9. The van der Waals surface area contributed by atoms with Crippen LogP contribution in [0.25, 0.3) is 33.9 Å². The SMILES string of the molecule is CCCc1ccc(-c2ccc(-c3ccc(C(F)=C(F)c4cc(F)c(OC(F)(F)F)c(F)c4)c(F)c3)c(F)c2)cc1. The lowest BCUT2D eigenvalue weighted by molar-refractivity contribution is -0.276. The fourth-order valence-corrected chi connectivity index (χ4v) is 4.09. The van der Waals surface area contributed by atoms with Gasteiger partial charge >= 0.3 is 6.36 Å².